The van der Waals surface area contributed by atoms with Gasteiger partial charge in [-0.15, -0.1) is 5.10 Å². The molecule has 0 radical (unpaired) electrons. The molecule has 3 aromatic rings. The third-order valence-electron chi connectivity index (χ3n) is 6.42. The van der Waals surface area contributed by atoms with E-state index in [1.165, 1.54) is 0 Å². The number of imide groups is 1. The molecule has 36 heavy (non-hydrogen) atoms. The summed E-state index contributed by atoms with van der Waals surface area (Å²) in [6, 6.07) is 11.6. The van der Waals surface area contributed by atoms with Crippen LogP contribution in [0.4, 0.5) is 27.9 Å². The minimum atomic E-state index is -0.850. The molecule has 0 bridgehead atoms. The molecular weight excluding hydrogens is 460 g/mol. The largest absolute Gasteiger partial charge is 0.443 e. The minimum Gasteiger partial charge on any atom is -0.443 e. The number of hydrogen-bond donors (Lipinski definition) is 2. The summed E-state index contributed by atoms with van der Waals surface area (Å²) in [6.45, 7) is 10.4. The molecule has 10 heteroatoms. The SMILES string of the molecule is CC(C)(C)OC(=O)N1C(=O)C(C)(C)c2ccc(Nc3nc4cccc(NC5CCOCC5)n4n3)cc21. The third kappa shape index (κ3) is 4.48. The predicted octanol–water partition coefficient (Wildman–Crippen LogP) is 4.62. The summed E-state index contributed by atoms with van der Waals surface area (Å²) in [6.07, 6.45) is 1.19. The van der Waals surface area contributed by atoms with Crippen LogP contribution in [0.15, 0.2) is 36.4 Å². The van der Waals surface area contributed by atoms with E-state index < -0.39 is 17.1 Å². The Morgan fingerprint density at radius 1 is 1.17 bits per heavy atom. The average Bonchev–Trinajstić information content (AvgIpc) is 3.30. The number of ether oxygens (including phenoxy) is 2. The zero-order valence-electron chi connectivity index (χ0n) is 21.3. The lowest BCUT2D eigenvalue weighted by atomic mass is 9.86. The second-order valence-electron chi connectivity index (χ2n) is 10.8. The molecule has 2 aliphatic rings. The molecular formula is C26H32N6O4. The second kappa shape index (κ2) is 8.77. The van der Waals surface area contributed by atoms with Gasteiger partial charge in [-0.3, -0.25) is 4.79 Å². The van der Waals surface area contributed by atoms with Crippen molar-refractivity contribution in [2.24, 2.45) is 0 Å². The highest BCUT2D eigenvalue weighted by Crippen LogP contribution is 2.43. The molecule has 0 aliphatic carbocycles. The number of aromatic nitrogens is 3. The second-order valence-corrected chi connectivity index (χ2v) is 10.8. The van der Waals surface area contributed by atoms with Crippen molar-refractivity contribution in [1.29, 1.82) is 0 Å². The fourth-order valence-electron chi connectivity index (χ4n) is 4.56. The molecule has 4 heterocycles. The molecule has 1 saturated heterocycles. The van der Waals surface area contributed by atoms with Crippen molar-refractivity contribution in [3.63, 3.8) is 0 Å². The maximum atomic E-state index is 13.2. The van der Waals surface area contributed by atoms with E-state index in [4.69, 9.17) is 9.47 Å². The first-order valence-electron chi connectivity index (χ1n) is 12.2. The average molecular weight is 493 g/mol. The summed E-state index contributed by atoms with van der Waals surface area (Å²) in [4.78, 5) is 31.8. The van der Waals surface area contributed by atoms with Crippen LogP contribution in [0.5, 0.6) is 0 Å². The van der Waals surface area contributed by atoms with Gasteiger partial charge in [0.25, 0.3) is 0 Å². The Balaban J connectivity index is 1.43. The first-order valence-corrected chi connectivity index (χ1v) is 12.2. The van der Waals surface area contributed by atoms with Crippen LogP contribution in [0.3, 0.4) is 0 Å². The van der Waals surface area contributed by atoms with E-state index in [0.29, 0.717) is 29.0 Å². The van der Waals surface area contributed by atoms with Crippen molar-refractivity contribution in [1.82, 2.24) is 14.6 Å². The van der Waals surface area contributed by atoms with Crippen molar-refractivity contribution in [2.45, 2.75) is 64.5 Å². The lowest BCUT2D eigenvalue weighted by Crippen LogP contribution is -2.43. The van der Waals surface area contributed by atoms with Crippen LogP contribution in [-0.4, -0.2) is 51.5 Å². The normalized spacial score (nSPS) is 17.8. The van der Waals surface area contributed by atoms with Crippen LogP contribution in [0, 0.1) is 0 Å². The first kappa shape index (κ1) is 24.1. The molecule has 2 N–H and O–H groups in total. The topological polar surface area (TPSA) is 110 Å². The fraction of sp³-hybridized carbons (Fsp3) is 0.462. The summed E-state index contributed by atoms with van der Waals surface area (Å²) in [5, 5.41) is 11.4. The van der Waals surface area contributed by atoms with Gasteiger partial charge < -0.3 is 20.1 Å². The lowest BCUT2D eigenvalue weighted by Gasteiger charge is -2.24. The summed E-state index contributed by atoms with van der Waals surface area (Å²) < 4.78 is 12.7. The number of hydrogen-bond acceptors (Lipinski definition) is 8. The Labute approximate surface area is 210 Å². The number of carbonyl (C=O) groups is 2. The third-order valence-corrected chi connectivity index (χ3v) is 6.42. The Kier molecular flexibility index (Phi) is 5.86. The molecule has 2 amide bonds. The van der Waals surface area contributed by atoms with Gasteiger partial charge in [0.05, 0.1) is 11.1 Å². The highest BCUT2D eigenvalue weighted by molar-refractivity contribution is 6.21. The highest BCUT2D eigenvalue weighted by atomic mass is 16.6. The summed E-state index contributed by atoms with van der Waals surface area (Å²) in [7, 11) is 0. The molecule has 190 valence electrons. The van der Waals surface area contributed by atoms with Gasteiger partial charge in [0.2, 0.25) is 11.9 Å². The maximum Gasteiger partial charge on any atom is 0.421 e. The van der Waals surface area contributed by atoms with Gasteiger partial charge in [0.1, 0.15) is 11.4 Å². The Hall–Kier alpha value is -3.66. The van der Waals surface area contributed by atoms with Crippen LogP contribution in [0.25, 0.3) is 5.65 Å². The van der Waals surface area contributed by atoms with Crippen molar-refractivity contribution < 1.29 is 19.1 Å². The van der Waals surface area contributed by atoms with E-state index in [0.717, 1.165) is 42.3 Å². The fourth-order valence-corrected chi connectivity index (χ4v) is 4.56. The van der Waals surface area contributed by atoms with E-state index in [1.54, 1.807) is 31.4 Å². The molecule has 0 spiro atoms. The molecule has 10 nitrogen and oxygen atoms in total. The van der Waals surface area contributed by atoms with Gasteiger partial charge in [-0.2, -0.15) is 9.50 Å². The summed E-state index contributed by atoms with van der Waals surface area (Å²) >= 11 is 0. The molecule has 5 rings (SSSR count). The van der Waals surface area contributed by atoms with E-state index in [1.807, 2.05) is 44.2 Å². The number of anilines is 4. The monoisotopic (exact) mass is 492 g/mol. The Morgan fingerprint density at radius 3 is 2.64 bits per heavy atom. The number of benzene rings is 1. The van der Waals surface area contributed by atoms with Gasteiger partial charge in [-0.25, -0.2) is 9.69 Å². The van der Waals surface area contributed by atoms with Gasteiger partial charge in [-0.05, 0) is 77.3 Å². The smallest absolute Gasteiger partial charge is 0.421 e. The molecule has 0 atom stereocenters. The molecule has 0 saturated carbocycles. The zero-order chi connectivity index (χ0) is 25.7. The van der Waals surface area contributed by atoms with Crippen molar-refractivity contribution in [3.8, 4) is 0 Å². The van der Waals surface area contributed by atoms with Gasteiger partial charge in [0, 0.05) is 24.9 Å². The molecule has 2 aliphatic heterocycles. The number of carbonyl (C=O) groups excluding carboxylic acids is 2. The van der Waals surface area contributed by atoms with E-state index >= 15 is 0 Å². The molecule has 1 aromatic carbocycles. The van der Waals surface area contributed by atoms with E-state index in [-0.39, 0.29) is 5.91 Å². The zero-order valence-corrected chi connectivity index (χ0v) is 21.3. The number of nitrogens with zero attached hydrogens (tertiary/aromatic N) is 4. The lowest BCUT2D eigenvalue weighted by molar-refractivity contribution is -0.121. The molecule has 1 fully saturated rings. The number of pyridine rings is 1. The van der Waals surface area contributed by atoms with E-state index in [9.17, 15) is 9.59 Å². The van der Waals surface area contributed by atoms with Gasteiger partial charge in [0.15, 0.2) is 5.65 Å². The summed E-state index contributed by atoms with van der Waals surface area (Å²) in [5.41, 5.74) is 1.03. The number of fused-ring (bicyclic) bond motifs is 2. The molecule has 0 unspecified atom stereocenters. The Bertz CT molecular complexity index is 1320. The number of amides is 2. The highest BCUT2D eigenvalue weighted by Gasteiger charge is 2.48. The quantitative estimate of drug-likeness (QED) is 0.543. The van der Waals surface area contributed by atoms with Crippen molar-refractivity contribution in [3.05, 3.63) is 42.0 Å². The van der Waals surface area contributed by atoms with Crippen molar-refractivity contribution in [2.75, 3.05) is 28.7 Å². The van der Waals surface area contributed by atoms with Gasteiger partial charge >= 0.3 is 6.09 Å². The number of nitrogens with one attached hydrogen (secondary N) is 2. The van der Waals surface area contributed by atoms with Gasteiger partial charge in [-0.1, -0.05) is 12.1 Å². The minimum absolute atomic E-state index is 0.321. The van der Waals surface area contributed by atoms with Crippen LogP contribution in [0.2, 0.25) is 0 Å². The first-order chi connectivity index (χ1) is 17.0. The molecule has 2 aromatic heterocycles. The Morgan fingerprint density at radius 2 is 1.92 bits per heavy atom. The van der Waals surface area contributed by atoms with Crippen LogP contribution < -0.4 is 15.5 Å². The summed E-state index contributed by atoms with van der Waals surface area (Å²) in [5.74, 6) is 0.944. The maximum absolute atomic E-state index is 13.2. The predicted molar refractivity (Wildman–Crippen MR) is 137 cm³/mol. The number of rotatable bonds is 4. The van der Waals surface area contributed by atoms with Crippen LogP contribution in [0.1, 0.15) is 53.0 Å². The van der Waals surface area contributed by atoms with E-state index in [2.05, 4.69) is 20.7 Å². The van der Waals surface area contributed by atoms with Crippen molar-refractivity contribution >= 4 is 40.8 Å². The standard InChI is InChI=1S/C26H32N6O4/c1-25(2,3)36-24(34)31-19-15-17(9-10-18(19)26(4,5)22(31)33)28-23-29-21-8-6-7-20(32(21)30-23)27-16-11-13-35-14-12-16/h6-10,15-16,27H,11-14H2,1-5H3,(H,28,30). The van der Waals surface area contributed by atoms with Crippen LogP contribution in [-0.2, 0) is 19.7 Å². The van der Waals surface area contributed by atoms with Crippen LogP contribution >= 0.6 is 0 Å².